The van der Waals surface area contributed by atoms with Gasteiger partial charge in [0.05, 0.1) is 12.1 Å². The first-order chi connectivity index (χ1) is 9.95. The summed E-state index contributed by atoms with van der Waals surface area (Å²) in [6.45, 7) is 4.87. The van der Waals surface area contributed by atoms with Crippen LogP contribution in [-0.2, 0) is 4.79 Å². The maximum Gasteiger partial charge on any atom is 0.237 e. The second-order valence-electron chi connectivity index (χ2n) is 6.32. The molecular formula is C17H26N2O2. The fourth-order valence-corrected chi connectivity index (χ4v) is 3.23. The average molecular weight is 290 g/mol. The van der Waals surface area contributed by atoms with Crippen LogP contribution in [0.3, 0.4) is 0 Å². The van der Waals surface area contributed by atoms with E-state index in [2.05, 4.69) is 19.9 Å². The van der Waals surface area contributed by atoms with E-state index < -0.39 is 5.54 Å². The number of nitrogens with two attached hydrogens (primary N) is 2. The van der Waals surface area contributed by atoms with Crippen molar-refractivity contribution < 1.29 is 9.53 Å². The molecule has 2 rings (SSSR count). The van der Waals surface area contributed by atoms with Gasteiger partial charge in [-0.15, -0.1) is 0 Å². The molecule has 116 valence electrons. The SMILES string of the molecule is CC(C)c1ccccc1OCCC1CCCC1(N)C(N)=O. The highest BCUT2D eigenvalue weighted by Gasteiger charge is 2.43. The third-order valence-electron chi connectivity index (χ3n) is 4.60. The predicted molar refractivity (Wildman–Crippen MR) is 84.1 cm³/mol. The van der Waals surface area contributed by atoms with Gasteiger partial charge in [0.25, 0.3) is 0 Å². The largest absolute Gasteiger partial charge is 0.493 e. The molecule has 1 aliphatic rings. The minimum Gasteiger partial charge on any atom is -0.493 e. The van der Waals surface area contributed by atoms with E-state index >= 15 is 0 Å². The smallest absolute Gasteiger partial charge is 0.237 e. The number of benzene rings is 1. The topological polar surface area (TPSA) is 78.3 Å². The van der Waals surface area contributed by atoms with Gasteiger partial charge in [-0.2, -0.15) is 0 Å². The first kappa shape index (κ1) is 15.8. The molecule has 0 aliphatic heterocycles. The van der Waals surface area contributed by atoms with E-state index in [1.54, 1.807) is 0 Å². The van der Waals surface area contributed by atoms with Gasteiger partial charge in [0.2, 0.25) is 5.91 Å². The Morgan fingerprint density at radius 2 is 2.14 bits per heavy atom. The van der Waals surface area contributed by atoms with Crippen molar-refractivity contribution in [1.29, 1.82) is 0 Å². The van der Waals surface area contributed by atoms with Gasteiger partial charge in [-0.3, -0.25) is 4.79 Å². The number of ether oxygens (including phenoxy) is 1. The zero-order valence-corrected chi connectivity index (χ0v) is 13.0. The number of amides is 1. The summed E-state index contributed by atoms with van der Waals surface area (Å²) in [5.41, 5.74) is 12.0. The normalized spacial score (nSPS) is 25.2. The molecular weight excluding hydrogens is 264 g/mol. The summed E-state index contributed by atoms with van der Waals surface area (Å²) >= 11 is 0. The third kappa shape index (κ3) is 3.38. The Labute approximate surface area is 126 Å². The number of hydrogen-bond acceptors (Lipinski definition) is 3. The lowest BCUT2D eigenvalue weighted by Gasteiger charge is -2.28. The van der Waals surface area contributed by atoms with Crippen molar-refractivity contribution in [2.75, 3.05) is 6.61 Å². The Balaban J connectivity index is 1.95. The first-order valence-electron chi connectivity index (χ1n) is 7.75. The van der Waals surface area contributed by atoms with Gasteiger partial charge in [-0.05, 0) is 42.7 Å². The number of hydrogen-bond donors (Lipinski definition) is 2. The van der Waals surface area contributed by atoms with Crippen LogP contribution in [-0.4, -0.2) is 18.1 Å². The van der Waals surface area contributed by atoms with E-state index in [-0.39, 0.29) is 11.8 Å². The van der Waals surface area contributed by atoms with Gasteiger partial charge in [0.1, 0.15) is 5.75 Å². The van der Waals surface area contributed by atoms with Crippen molar-refractivity contribution >= 4 is 5.91 Å². The van der Waals surface area contributed by atoms with Crippen molar-refractivity contribution in [2.45, 2.75) is 51.0 Å². The summed E-state index contributed by atoms with van der Waals surface area (Å²) in [5, 5.41) is 0. The molecule has 0 aromatic heterocycles. The standard InChI is InChI=1S/C17H26N2O2/c1-12(2)14-7-3-4-8-15(14)21-11-9-13-6-5-10-17(13,19)16(18)20/h3-4,7-8,12-13H,5-6,9-11,19H2,1-2H3,(H2,18,20). The van der Waals surface area contributed by atoms with E-state index in [4.69, 9.17) is 16.2 Å². The second kappa shape index (κ2) is 6.48. The zero-order valence-electron chi connectivity index (χ0n) is 13.0. The number of para-hydroxylation sites is 1. The molecule has 2 atom stereocenters. The summed E-state index contributed by atoms with van der Waals surface area (Å²) < 4.78 is 5.93. The molecule has 2 unspecified atom stereocenters. The van der Waals surface area contributed by atoms with E-state index in [1.165, 1.54) is 5.56 Å². The third-order valence-corrected chi connectivity index (χ3v) is 4.60. The lowest BCUT2D eigenvalue weighted by atomic mass is 9.85. The molecule has 1 aliphatic carbocycles. The Hall–Kier alpha value is -1.55. The van der Waals surface area contributed by atoms with Crippen LogP contribution in [0.5, 0.6) is 5.75 Å². The van der Waals surface area contributed by atoms with Crippen molar-refractivity contribution in [1.82, 2.24) is 0 Å². The molecule has 1 aromatic carbocycles. The fraction of sp³-hybridized carbons (Fsp3) is 0.588. The summed E-state index contributed by atoms with van der Waals surface area (Å²) in [6.07, 6.45) is 3.38. The van der Waals surface area contributed by atoms with Crippen LogP contribution in [0.25, 0.3) is 0 Å². The van der Waals surface area contributed by atoms with E-state index in [1.807, 2.05) is 18.2 Å². The molecule has 21 heavy (non-hydrogen) atoms. The molecule has 1 fully saturated rings. The molecule has 0 spiro atoms. The first-order valence-corrected chi connectivity index (χ1v) is 7.75. The highest BCUT2D eigenvalue weighted by molar-refractivity contribution is 5.85. The molecule has 4 nitrogen and oxygen atoms in total. The van der Waals surface area contributed by atoms with Gasteiger partial charge in [0.15, 0.2) is 0 Å². The van der Waals surface area contributed by atoms with Crippen molar-refractivity contribution in [3.8, 4) is 5.75 Å². The monoisotopic (exact) mass is 290 g/mol. The maximum absolute atomic E-state index is 11.6. The molecule has 0 saturated heterocycles. The zero-order chi connectivity index (χ0) is 15.5. The van der Waals surface area contributed by atoms with Gasteiger partial charge in [0, 0.05) is 0 Å². The second-order valence-corrected chi connectivity index (χ2v) is 6.32. The maximum atomic E-state index is 11.6. The number of primary amides is 1. The van der Waals surface area contributed by atoms with Crippen LogP contribution in [0.15, 0.2) is 24.3 Å². The van der Waals surface area contributed by atoms with Gasteiger partial charge in [-0.25, -0.2) is 0 Å². The molecule has 0 bridgehead atoms. The molecule has 0 radical (unpaired) electrons. The summed E-state index contributed by atoms with van der Waals surface area (Å²) in [6, 6.07) is 8.09. The van der Waals surface area contributed by atoms with Gasteiger partial charge < -0.3 is 16.2 Å². The lowest BCUT2D eigenvalue weighted by Crippen LogP contribution is -2.54. The summed E-state index contributed by atoms with van der Waals surface area (Å²) in [4.78, 5) is 11.6. The predicted octanol–water partition coefficient (Wildman–Crippen LogP) is 2.56. The molecule has 1 saturated carbocycles. The molecule has 4 heteroatoms. The van der Waals surface area contributed by atoms with E-state index in [9.17, 15) is 4.79 Å². The van der Waals surface area contributed by atoms with E-state index in [0.717, 1.165) is 25.0 Å². The highest BCUT2D eigenvalue weighted by Crippen LogP contribution is 2.36. The quantitative estimate of drug-likeness (QED) is 0.845. The summed E-state index contributed by atoms with van der Waals surface area (Å²) in [7, 11) is 0. The highest BCUT2D eigenvalue weighted by atomic mass is 16.5. The fourth-order valence-electron chi connectivity index (χ4n) is 3.23. The molecule has 4 N–H and O–H groups in total. The van der Waals surface area contributed by atoms with Crippen LogP contribution in [0.1, 0.15) is 51.0 Å². The Morgan fingerprint density at radius 3 is 2.81 bits per heavy atom. The van der Waals surface area contributed by atoms with Gasteiger partial charge >= 0.3 is 0 Å². The Kier molecular flexibility index (Phi) is 4.88. The number of carbonyl (C=O) groups excluding carboxylic acids is 1. The molecule has 0 heterocycles. The van der Waals surface area contributed by atoms with Crippen LogP contribution < -0.4 is 16.2 Å². The minimum atomic E-state index is -0.846. The van der Waals surface area contributed by atoms with Crippen LogP contribution in [0, 0.1) is 5.92 Å². The molecule has 1 aromatic rings. The van der Waals surface area contributed by atoms with Crippen LogP contribution >= 0.6 is 0 Å². The number of rotatable bonds is 6. The van der Waals surface area contributed by atoms with Gasteiger partial charge in [-0.1, -0.05) is 38.5 Å². The van der Waals surface area contributed by atoms with E-state index in [0.29, 0.717) is 18.9 Å². The lowest BCUT2D eigenvalue weighted by molar-refractivity contribution is -0.124. The van der Waals surface area contributed by atoms with Crippen LogP contribution in [0.4, 0.5) is 0 Å². The Morgan fingerprint density at radius 1 is 1.43 bits per heavy atom. The Bertz CT molecular complexity index is 501. The minimum absolute atomic E-state index is 0.126. The van der Waals surface area contributed by atoms with Crippen molar-refractivity contribution in [3.05, 3.63) is 29.8 Å². The van der Waals surface area contributed by atoms with Crippen molar-refractivity contribution in [3.63, 3.8) is 0 Å². The summed E-state index contributed by atoms with van der Waals surface area (Å²) in [5.74, 6) is 1.09. The molecule has 1 amide bonds. The average Bonchev–Trinajstić information content (AvgIpc) is 2.82. The number of carbonyl (C=O) groups is 1. The van der Waals surface area contributed by atoms with Crippen LogP contribution in [0.2, 0.25) is 0 Å². The van der Waals surface area contributed by atoms with Crippen molar-refractivity contribution in [2.24, 2.45) is 17.4 Å².